The number of ether oxygens (including phenoxy) is 1. The zero-order valence-corrected chi connectivity index (χ0v) is 12.9. The molecule has 0 saturated carbocycles. The average Bonchev–Trinajstić information content (AvgIpc) is 2.85. The van der Waals surface area contributed by atoms with Crippen LogP contribution in [0.3, 0.4) is 0 Å². The monoisotopic (exact) mass is 279 g/mol. The number of rotatable bonds is 5. The van der Waals surface area contributed by atoms with Crippen molar-refractivity contribution in [3.8, 4) is 5.75 Å². The van der Waals surface area contributed by atoms with Crippen molar-refractivity contribution >= 4 is 11.3 Å². The minimum Gasteiger partial charge on any atom is -0.496 e. The van der Waals surface area contributed by atoms with Crippen molar-refractivity contribution in [1.82, 2.24) is 5.32 Å². The summed E-state index contributed by atoms with van der Waals surface area (Å²) in [6.07, 6.45) is 10.4. The Balaban J connectivity index is 2.17. The lowest BCUT2D eigenvalue weighted by molar-refractivity contribution is 0.416. The molecular formula is C16H25NOS. The number of likely N-dealkylation sites (N-methyl/N-ethyl adjacent to an activating group) is 1. The average molecular weight is 279 g/mol. The predicted octanol–water partition coefficient (Wildman–Crippen LogP) is 4.69. The molecule has 1 heterocycles. The van der Waals surface area contributed by atoms with Crippen molar-refractivity contribution in [2.75, 3.05) is 13.7 Å². The summed E-state index contributed by atoms with van der Waals surface area (Å²) in [4.78, 5) is 1.38. The van der Waals surface area contributed by atoms with E-state index in [2.05, 4.69) is 29.8 Å². The first-order chi connectivity index (χ1) is 9.35. The third kappa shape index (κ3) is 4.08. The number of hydrogen-bond acceptors (Lipinski definition) is 3. The molecule has 1 aliphatic rings. The molecule has 0 aliphatic heterocycles. The SMILES string of the molecule is CCNC(C1=CCCCCCC1)c1cc(OC)cs1. The van der Waals surface area contributed by atoms with Crippen LogP contribution >= 0.6 is 11.3 Å². The maximum Gasteiger partial charge on any atom is 0.129 e. The Morgan fingerprint density at radius 2 is 2.16 bits per heavy atom. The van der Waals surface area contributed by atoms with Crippen LogP contribution in [0, 0.1) is 0 Å². The van der Waals surface area contributed by atoms with E-state index in [-0.39, 0.29) is 0 Å². The van der Waals surface area contributed by atoms with Crippen LogP contribution in [-0.2, 0) is 0 Å². The van der Waals surface area contributed by atoms with Gasteiger partial charge in [-0.1, -0.05) is 31.4 Å². The first kappa shape index (κ1) is 14.6. The molecule has 1 unspecified atom stereocenters. The zero-order chi connectivity index (χ0) is 13.5. The molecule has 1 aliphatic carbocycles. The molecule has 0 amide bonds. The number of thiophene rings is 1. The Labute approximate surface area is 120 Å². The summed E-state index contributed by atoms with van der Waals surface area (Å²) in [6.45, 7) is 3.18. The van der Waals surface area contributed by atoms with Crippen LogP contribution in [0.15, 0.2) is 23.1 Å². The normalized spacial score (nSPS) is 18.3. The molecule has 0 aromatic carbocycles. The standard InChI is InChI=1S/C16H25NOS/c1-3-17-16(15-11-14(18-2)12-19-15)13-9-7-5-4-6-8-10-13/h9,11-12,16-17H,3-8,10H2,1-2H3. The highest BCUT2D eigenvalue weighted by Crippen LogP contribution is 2.34. The summed E-state index contributed by atoms with van der Waals surface area (Å²) in [5.41, 5.74) is 1.58. The Hall–Kier alpha value is -0.800. The molecule has 0 fully saturated rings. The van der Waals surface area contributed by atoms with Crippen LogP contribution in [-0.4, -0.2) is 13.7 Å². The molecule has 0 bridgehead atoms. The van der Waals surface area contributed by atoms with Gasteiger partial charge in [0.2, 0.25) is 0 Å². The second kappa shape index (κ2) is 7.71. The smallest absolute Gasteiger partial charge is 0.129 e. The van der Waals surface area contributed by atoms with Gasteiger partial charge in [0, 0.05) is 10.3 Å². The summed E-state index contributed by atoms with van der Waals surface area (Å²) in [7, 11) is 1.74. The number of hydrogen-bond donors (Lipinski definition) is 1. The van der Waals surface area contributed by atoms with Crippen LogP contribution in [0.1, 0.15) is 56.4 Å². The molecule has 19 heavy (non-hydrogen) atoms. The molecule has 0 saturated heterocycles. The lowest BCUT2D eigenvalue weighted by atomic mass is 9.94. The van der Waals surface area contributed by atoms with Gasteiger partial charge in [0.15, 0.2) is 0 Å². The van der Waals surface area contributed by atoms with Crippen LogP contribution in [0.25, 0.3) is 0 Å². The van der Waals surface area contributed by atoms with Crippen LogP contribution in [0.4, 0.5) is 0 Å². The Morgan fingerprint density at radius 3 is 2.89 bits per heavy atom. The fourth-order valence-corrected chi connectivity index (χ4v) is 3.66. The largest absolute Gasteiger partial charge is 0.496 e. The van der Waals surface area contributed by atoms with Crippen molar-refractivity contribution < 1.29 is 4.74 Å². The maximum absolute atomic E-state index is 5.32. The number of allylic oxidation sites excluding steroid dienone is 1. The fourth-order valence-electron chi connectivity index (χ4n) is 2.69. The highest BCUT2D eigenvalue weighted by Gasteiger charge is 2.18. The molecular weight excluding hydrogens is 254 g/mol. The molecule has 0 radical (unpaired) electrons. The Kier molecular flexibility index (Phi) is 5.93. The fraction of sp³-hybridized carbons (Fsp3) is 0.625. The van der Waals surface area contributed by atoms with Gasteiger partial charge in [-0.05, 0) is 38.3 Å². The van der Waals surface area contributed by atoms with Crippen LogP contribution in [0.2, 0.25) is 0 Å². The third-order valence-electron chi connectivity index (χ3n) is 3.72. The van der Waals surface area contributed by atoms with Crippen molar-refractivity contribution in [2.24, 2.45) is 0 Å². The third-order valence-corrected chi connectivity index (χ3v) is 4.70. The van der Waals surface area contributed by atoms with E-state index < -0.39 is 0 Å². The van der Waals surface area contributed by atoms with Gasteiger partial charge in [0.25, 0.3) is 0 Å². The molecule has 1 atom stereocenters. The van der Waals surface area contributed by atoms with Crippen molar-refractivity contribution in [3.05, 3.63) is 28.0 Å². The van der Waals surface area contributed by atoms with E-state index in [9.17, 15) is 0 Å². The summed E-state index contributed by atoms with van der Waals surface area (Å²) < 4.78 is 5.32. The van der Waals surface area contributed by atoms with E-state index in [1.54, 1.807) is 24.0 Å². The van der Waals surface area contributed by atoms with Gasteiger partial charge in [-0.2, -0.15) is 0 Å². The summed E-state index contributed by atoms with van der Waals surface area (Å²) >= 11 is 1.80. The van der Waals surface area contributed by atoms with Crippen LogP contribution < -0.4 is 10.1 Å². The van der Waals surface area contributed by atoms with Crippen molar-refractivity contribution in [2.45, 2.75) is 51.5 Å². The quantitative estimate of drug-likeness (QED) is 0.790. The zero-order valence-electron chi connectivity index (χ0n) is 12.1. The summed E-state index contributed by atoms with van der Waals surface area (Å²) in [5, 5.41) is 5.74. The van der Waals surface area contributed by atoms with Crippen molar-refractivity contribution in [1.29, 1.82) is 0 Å². The first-order valence-electron chi connectivity index (χ1n) is 7.40. The molecule has 0 spiro atoms. The lowest BCUT2D eigenvalue weighted by Gasteiger charge is -2.22. The van der Waals surface area contributed by atoms with Crippen molar-refractivity contribution in [3.63, 3.8) is 0 Å². The molecule has 2 nitrogen and oxygen atoms in total. The molecule has 1 aromatic rings. The van der Waals surface area contributed by atoms with E-state index in [1.807, 2.05) is 0 Å². The van der Waals surface area contributed by atoms with E-state index in [4.69, 9.17) is 4.74 Å². The predicted molar refractivity (Wildman–Crippen MR) is 83.1 cm³/mol. The van der Waals surface area contributed by atoms with Gasteiger partial charge < -0.3 is 10.1 Å². The van der Waals surface area contributed by atoms with Crippen LogP contribution in [0.5, 0.6) is 5.75 Å². The number of nitrogens with one attached hydrogen (secondary N) is 1. The minimum absolute atomic E-state index is 0.386. The first-order valence-corrected chi connectivity index (χ1v) is 8.28. The molecule has 3 heteroatoms. The van der Waals surface area contributed by atoms with E-state index >= 15 is 0 Å². The molecule has 1 N–H and O–H groups in total. The highest BCUT2D eigenvalue weighted by molar-refractivity contribution is 7.10. The topological polar surface area (TPSA) is 21.3 Å². The molecule has 1 aromatic heterocycles. The highest BCUT2D eigenvalue weighted by atomic mass is 32.1. The Morgan fingerprint density at radius 1 is 1.32 bits per heavy atom. The van der Waals surface area contributed by atoms with E-state index in [0.29, 0.717) is 6.04 Å². The second-order valence-corrected chi connectivity index (χ2v) is 6.05. The van der Waals surface area contributed by atoms with Gasteiger partial charge in [-0.3, -0.25) is 0 Å². The van der Waals surface area contributed by atoms with Gasteiger partial charge in [-0.25, -0.2) is 0 Å². The van der Waals surface area contributed by atoms with Gasteiger partial charge in [0.05, 0.1) is 13.2 Å². The van der Waals surface area contributed by atoms with Gasteiger partial charge >= 0.3 is 0 Å². The number of methoxy groups -OCH3 is 1. The molecule has 106 valence electrons. The minimum atomic E-state index is 0.386. The lowest BCUT2D eigenvalue weighted by Crippen LogP contribution is -2.22. The second-order valence-electron chi connectivity index (χ2n) is 5.11. The molecule has 2 rings (SSSR count). The Bertz CT molecular complexity index is 411. The van der Waals surface area contributed by atoms with E-state index in [0.717, 1.165) is 12.3 Å². The summed E-state index contributed by atoms with van der Waals surface area (Å²) in [6, 6.07) is 2.56. The van der Waals surface area contributed by atoms with E-state index in [1.165, 1.54) is 43.4 Å². The maximum atomic E-state index is 5.32. The van der Waals surface area contributed by atoms with Gasteiger partial charge in [-0.15, -0.1) is 11.3 Å². The summed E-state index contributed by atoms with van der Waals surface area (Å²) in [5.74, 6) is 0.981. The van der Waals surface area contributed by atoms with Gasteiger partial charge in [0.1, 0.15) is 5.75 Å².